The lowest BCUT2D eigenvalue weighted by atomic mass is 10.1. The van der Waals surface area contributed by atoms with Crippen LogP contribution in [-0.2, 0) is 12.7 Å². The van der Waals surface area contributed by atoms with E-state index in [4.69, 9.17) is 11.6 Å². The lowest BCUT2D eigenvalue weighted by Crippen LogP contribution is -2.23. The predicted molar refractivity (Wildman–Crippen MR) is 115 cm³/mol. The first-order valence-corrected chi connectivity index (χ1v) is 9.97. The minimum atomic E-state index is -4.46. The summed E-state index contributed by atoms with van der Waals surface area (Å²) in [5.74, 6) is 0. The van der Waals surface area contributed by atoms with E-state index in [1.54, 1.807) is 22.9 Å². The molecule has 0 amide bonds. The number of nitrogens with zero attached hydrogens (tertiary/aromatic N) is 3. The van der Waals surface area contributed by atoms with Crippen molar-refractivity contribution in [2.75, 3.05) is 0 Å². The molecule has 4 rings (SSSR count). The Kier molecular flexibility index (Phi) is 5.17. The predicted octanol–water partition coefficient (Wildman–Crippen LogP) is 5.83. The van der Waals surface area contributed by atoms with Gasteiger partial charge >= 0.3 is 6.18 Å². The van der Waals surface area contributed by atoms with Crippen molar-refractivity contribution in [2.24, 2.45) is 0 Å². The molecule has 0 saturated carbocycles. The number of aromatic nitrogens is 3. The molecular formula is C23H19ClF3N3O. The molecule has 0 bridgehead atoms. The van der Waals surface area contributed by atoms with Gasteiger partial charge in [-0.25, -0.2) is 4.68 Å². The molecule has 2 aromatic carbocycles. The fourth-order valence-corrected chi connectivity index (χ4v) is 4.01. The van der Waals surface area contributed by atoms with E-state index >= 15 is 0 Å². The summed E-state index contributed by atoms with van der Waals surface area (Å²) in [5.41, 5.74) is 2.77. The van der Waals surface area contributed by atoms with E-state index in [0.717, 1.165) is 28.6 Å². The number of hydrogen-bond donors (Lipinski definition) is 0. The number of fused-ring (bicyclic) bond motifs is 1. The Hall–Kier alpha value is -3.06. The van der Waals surface area contributed by atoms with Gasteiger partial charge in [0.15, 0.2) is 0 Å². The van der Waals surface area contributed by atoms with E-state index in [2.05, 4.69) is 5.10 Å². The van der Waals surface area contributed by atoms with Crippen LogP contribution in [0, 0.1) is 20.8 Å². The Morgan fingerprint density at radius 3 is 2.45 bits per heavy atom. The molecule has 2 aromatic heterocycles. The monoisotopic (exact) mass is 445 g/mol. The SMILES string of the molecule is Cc1c(Cl)cccc1-n1nc(C)c2c(C)cc(=O)n(Cc3cccc(C(F)(F)F)c3)c21. The van der Waals surface area contributed by atoms with Crippen LogP contribution in [0.1, 0.15) is 27.9 Å². The molecule has 8 heteroatoms. The van der Waals surface area contributed by atoms with Gasteiger partial charge in [0.05, 0.1) is 23.5 Å². The first kappa shape index (κ1) is 21.2. The van der Waals surface area contributed by atoms with Gasteiger partial charge in [0.2, 0.25) is 0 Å². The Labute approximate surface area is 181 Å². The Bertz CT molecular complexity index is 1370. The minimum Gasteiger partial charge on any atom is -0.288 e. The normalized spacial score (nSPS) is 12.0. The lowest BCUT2D eigenvalue weighted by molar-refractivity contribution is -0.137. The van der Waals surface area contributed by atoms with E-state index in [0.29, 0.717) is 27.6 Å². The fourth-order valence-electron chi connectivity index (χ4n) is 3.84. The number of pyridine rings is 1. The second-order valence-corrected chi connectivity index (χ2v) is 7.94. The number of halogens is 4. The molecule has 2 heterocycles. The Morgan fingerprint density at radius 2 is 1.74 bits per heavy atom. The largest absolute Gasteiger partial charge is 0.416 e. The van der Waals surface area contributed by atoms with Crippen molar-refractivity contribution in [3.8, 4) is 5.69 Å². The Morgan fingerprint density at radius 1 is 1.03 bits per heavy atom. The molecule has 0 fully saturated rings. The van der Waals surface area contributed by atoms with Crippen LogP contribution in [0.2, 0.25) is 5.02 Å². The van der Waals surface area contributed by atoms with Crippen LogP contribution in [0.25, 0.3) is 16.7 Å². The third-order valence-electron chi connectivity index (χ3n) is 5.35. The maximum atomic E-state index is 13.2. The molecule has 0 atom stereocenters. The van der Waals surface area contributed by atoms with Gasteiger partial charge < -0.3 is 0 Å². The molecule has 160 valence electrons. The molecule has 0 aliphatic carbocycles. The number of benzene rings is 2. The second kappa shape index (κ2) is 7.57. The summed E-state index contributed by atoms with van der Waals surface area (Å²) < 4.78 is 42.6. The Balaban J connectivity index is 1.99. The topological polar surface area (TPSA) is 39.8 Å². The second-order valence-electron chi connectivity index (χ2n) is 7.53. The highest BCUT2D eigenvalue weighted by Gasteiger charge is 2.30. The van der Waals surface area contributed by atoms with Crippen LogP contribution >= 0.6 is 11.6 Å². The highest BCUT2D eigenvalue weighted by molar-refractivity contribution is 6.31. The van der Waals surface area contributed by atoms with Crippen LogP contribution in [-0.4, -0.2) is 14.3 Å². The summed E-state index contributed by atoms with van der Waals surface area (Å²) in [7, 11) is 0. The molecule has 31 heavy (non-hydrogen) atoms. The molecule has 0 saturated heterocycles. The van der Waals surface area contributed by atoms with E-state index in [1.807, 2.05) is 26.8 Å². The number of alkyl halides is 3. The van der Waals surface area contributed by atoms with E-state index in [-0.39, 0.29) is 12.1 Å². The molecule has 4 nitrogen and oxygen atoms in total. The maximum Gasteiger partial charge on any atom is 0.416 e. The minimum absolute atomic E-state index is 0.0235. The molecule has 0 aliphatic heterocycles. The molecule has 0 spiro atoms. The highest BCUT2D eigenvalue weighted by atomic mass is 35.5. The van der Waals surface area contributed by atoms with Crippen molar-refractivity contribution >= 4 is 22.6 Å². The molecule has 0 aliphatic rings. The third kappa shape index (κ3) is 3.74. The standard InChI is InChI=1S/C23H19ClF3N3O/c1-13-10-20(31)29(12-16-6-4-7-17(11-16)23(25,26)27)22-21(13)15(3)28-30(22)19-9-5-8-18(24)14(19)2/h4-11H,12H2,1-3H3. The fraction of sp³-hybridized carbons (Fsp3) is 0.217. The molecule has 0 radical (unpaired) electrons. The van der Waals surface area contributed by atoms with E-state index < -0.39 is 11.7 Å². The van der Waals surface area contributed by atoms with Gasteiger partial charge in [-0.2, -0.15) is 18.3 Å². The zero-order chi connectivity index (χ0) is 22.5. The molecular weight excluding hydrogens is 427 g/mol. The summed E-state index contributed by atoms with van der Waals surface area (Å²) in [4.78, 5) is 13.0. The summed E-state index contributed by atoms with van der Waals surface area (Å²) in [6.07, 6.45) is -4.46. The number of hydrogen-bond acceptors (Lipinski definition) is 2. The van der Waals surface area contributed by atoms with Gasteiger partial charge in [0.25, 0.3) is 5.56 Å². The summed E-state index contributed by atoms with van der Waals surface area (Å²) >= 11 is 6.30. The zero-order valence-corrected chi connectivity index (χ0v) is 17.8. The lowest BCUT2D eigenvalue weighted by Gasteiger charge is -2.15. The smallest absolute Gasteiger partial charge is 0.288 e. The van der Waals surface area contributed by atoms with Crippen LogP contribution < -0.4 is 5.56 Å². The average Bonchev–Trinajstić information content (AvgIpc) is 3.04. The van der Waals surface area contributed by atoms with Crippen LogP contribution in [0.3, 0.4) is 0 Å². The summed E-state index contributed by atoms with van der Waals surface area (Å²) in [6, 6.07) is 11.9. The van der Waals surface area contributed by atoms with Crippen LogP contribution in [0.5, 0.6) is 0 Å². The molecule has 4 aromatic rings. The van der Waals surface area contributed by atoms with Crippen molar-refractivity contribution in [2.45, 2.75) is 33.5 Å². The summed E-state index contributed by atoms with van der Waals surface area (Å²) in [5, 5.41) is 5.98. The van der Waals surface area contributed by atoms with Gasteiger partial charge in [0, 0.05) is 16.5 Å². The van der Waals surface area contributed by atoms with Crippen molar-refractivity contribution < 1.29 is 13.2 Å². The molecule has 0 unspecified atom stereocenters. The van der Waals surface area contributed by atoms with E-state index in [9.17, 15) is 18.0 Å². The maximum absolute atomic E-state index is 13.2. The zero-order valence-electron chi connectivity index (χ0n) is 17.1. The van der Waals surface area contributed by atoms with Crippen molar-refractivity contribution in [3.63, 3.8) is 0 Å². The van der Waals surface area contributed by atoms with Crippen LogP contribution in [0.4, 0.5) is 13.2 Å². The average molecular weight is 446 g/mol. The number of aryl methyl sites for hydroxylation is 2. The van der Waals surface area contributed by atoms with Gasteiger partial charge in [-0.1, -0.05) is 29.8 Å². The number of rotatable bonds is 3. The first-order valence-electron chi connectivity index (χ1n) is 9.59. The summed E-state index contributed by atoms with van der Waals surface area (Å²) in [6.45, 7) is 5.49. The van der Waals surface area contributed by atoms with Crippen molar-refractivity contribution in [1.29, 1.82) is 0 Å². The molecule has 0 N–H and O–H groups in total. The van der Waals surface area contributed by atoms with Gasteiger partial charge in [-0.3, -0.25) is 9.36 Å². The van der Waals surface area contributed by atoms with E-state index in [1.165, 1.54) is 16.7 Å². The quantitative estimate of drug-likeness (QED) is 0.398. The van der Waals surface area contributed by atoms with Crippen LogP contribution in [0.15, 0.2) is 53.3 Å². The third-order valence-corrected chi connectivity index (χ3v) is 5.76. The highest BCUT2D eigenvalue weighted by Crippen LogP contribution is 2.31. The van der Waals surface area contributed by atoms with Gasteiger partial charge in [-0.15, -0.1) is 0 Å². The van der Waals surface area contributed by atoms with Crippen molar-refractivity contribution in [1.82, 2.24) is 14.3 Å². The van der Waals surface area contributed by atoms with Crippen molar-refractivity contribution in [3.05, 3.63) is 91.9 Å². The van der Waals surface area contributed by atoms with Gasteiger partial charge in [-0.05, 0) is 61.7 Å². The first-order chi connectivity index (χ1) is 14.6. The van der Waals surface area contributed by atoms with Gasteiger partial charge in [0.1, 0.15) is 5.65 Å².